The number of hydrazone groups is 1. The van der Waals surface area contributed by atoms with Gasteiger partial charge in [-0.25, -0.2) is 5.43 Å². The van der Waals surface area contributed by atoms with Gasteiger partial charge in [0, 0.05) is 9.92 Å². The highest BCUT2D eigenvalue weighted by molar-refractivity contribution is 8.00. The Morgan fingerprint density at radius 3 is 2.76 bits per heavy atom. The Labute approximate surface area is 133 Å². The first kappa shape index (κ1) is 15.6. The topological polar surface area (TPSA) is 41.5 Å². The maximum absolute atomic E-state index is 11.7. The minimum Gasteiger partial charge on any atom is -0.272 e. The van der Waals surface area contributed by atoms with E-state index >= 15 is 0 Å². The molecule has 2 rings (SSSR count). The fraction of sp³-hybridized carbons (Fsp3) is 0.125. The lowest BCUT2D eigenvalue weighted by atomic mass is 10.2. The second-order valence-corrected chi connectivity index (χ2v) is 5.94. The van der Waals surface area contributed by atoms with Crippen LogP contribution < -0.4 is 5.43 Å². The molecule has 2 aromatic rings. The molecule has 0 aromatic heterocycles. The van der Waals surface area contributed by atoms with Gasteiger partial charge in [-0.15, -0.1) is 11.8 Å². The van der Waals surface area contributed by atoms with Crippen molar-refractivity contribution >= 4 is 35.5 Å². The summed E-state index contributed by atoms with van der Waals surface area (Å²) in [4.78, 5) is 12.7. The molecule has 0 heterocycles. The predicted molar refractivity (Wildman–Crippen MR) is 89.1 cm³/mol. The van der Waals surface area contributed by atoms with E-state index in [1.54, 1.807) is 18.3 Å². The lowest BCUT2D eigenvalue weighted by Gasteiger charge is -2.01. The number of nitrogens with zero attached hydrogens (tertiary/aromatic N) is 1. The molecular formula is C16H15ClN2OS. The molecule has 3 nitrogen and oxygen atoms in total. The van der Waals surface area contributed by atoms with E-state index in [2.05, 4.69) is 10.5 Å². The largest absolute Gasteiger partial charge is 0.272 e. The van der Waals surface area contributed by atoms with E-state index in [0.717, 1.165) is 10.5 Å². The highest BCUT2D eigenvalue weighted by Gasteiger charge is 2.01. The molecule has 0 saturated carbocycles. The number of carbonyl (C=O) groups excluding carboxylic acids is 1. The average Bonchev–Trinajstić information content (AvgIpc) is 2.47. The Morgan fingerprint density at radius 1 is 1.29 bits per heavy atom. The molecule has 0 atom stereocenters. The number of hydrogen-bond acceptors (Lipinski definition) is 3. The molecule has 0 aliphatic carbocycles. The second kappa shape index (κ2) is 7.86. The molecule has 0 spiro atoms. The van der Waals surface area contributed by atoms with E-state index < -0.39 is 0 Å². The summed E-state index contributed by atoms with van der Waals surface area (Å²) in [6.07, 6.45) is 1.57. The van der Waals surface area contributed by atoms with E-state index in [4.69, 9.17) is 11.6 Å². The van der Waals surface area contributed by atoms with Gasteiger partial charge in [0.25, 0.3) is 0 Å². The van der Waals surface area contributed by atoms with Crippen molar-refractivity contribution in [1.82, 2.24) is 5.43 Å². The first-order valence-electron chi connectivity index (χ1n) is 6.40. The van der Waals surface area contributed by atoms with Gasteiger partial charge in [-0.3, -0.25) is 4.79 Å². The van der Waals surface area contributed by atoms with Crippen LogP contribution in [0.25, 0.3) is 0 Å². The van der Waals surface area contributed by atoms with E-state index in [1.165, 1.54) is 17.3 Å². The van der Waals surface area contributed by atoms with Crippen LogP contribution in [0.4, 0.5) is 0 Å². The number of carbonyl (C=O) groups is 1. The normalized spacial score (nSPS) is 10.8. The molecule has 0 unspecified atom stereocenters. The molecule has 0 bridgehead atoms. The summed E-state index contributed by atoms with van der Waals surface area (Å²) in [5.74, 6) is 0.189. The van der Waals surface area contributed by atoms with E-state index in [1.807, 2.05) is 43.3 Å². The molecule has 0 aliphatic heterocycles. The van der Waals surface area contributed by atoms with Gasteiger partial charge in [0.05, 0.1) is 12.0 Å². The van der Waals surface area contributed by atoms with Crippen LogP contribution in [0.2, 0.25) is 5.02 Å². The van der Waals surface area contributed by atoms with Gasteiger partial charge in [0.2, 0.25) is 5.91 Å². The fourth-order valence-corrected chi connectivity index (χ4v) is 2.47. The summed E-state index contributed by atoms with van der Waals surface area (Å²) in [5, 5.41) is 4.55. The van der Waals surface area contributed by atoms with E-state index in [9.17, 15) is 4.79 Å². The molecule has 5 heteroatoms. The number of rotatable bonds is 5. The highest BCUT2D eigenvalue weighted by Crippen LogP contribution is 2.17. The minimum absolute atomic E-state index is 0.140. The minimum atomic E-state index is -0.140. The van der Waals surface area contributed by atoms with Gasteiger partial charge in [-0.05, 0) is 36.8 Å². The number of benzene rings is 2. The van der Waals surface area contributed by atoms with E-state index in [-0.39, 0.29) is 5.91 Å². The number of halogens is 1. The molecule has 0 saturated heterocycles. The molecule has 2 aromatic carbocycles. The summed E-state index contributed by atoms with van der Waals surface area (Å²) in [5.41, 5.74) is 4.54. The molecule has 0 aliphatic rings. The Bertz CT molecular complexity index is 641. The average molecular weight is 319 g/mol. The van der Waals surface area contributed by atoms with Crippen molar-refractivity contribution in [3.63, 3.8) is 0 Å². The Kier molecular flexibility index (Phi) is 5.84. The van der Waals surface area contributed by atoms with Crippen LogP contribution in [0.15, 0.2) is 58.5 Å². The standard InChI is InChI=1S/C16H15ClN2OS/c1-12-5-7-15(8-6-12)21-11-16(20)19-18-10-13-3-2-4-14(17)9-13/h2-10H,11H2,1H3,(H,19,20)/b18-10+. The summed E-state index contributed by atoms with van der Waals surface area (Å²) >= 11 is 7.34. The van der Waals surface area contributed by atoms with Crippen molar-refractivity contribution < 1.29 is 4.79 Å². The molecule has 1 amide bonds. The summed E-state index contributed by atoms with van der Waals surface area (Å²) in [6, 6.07) is 15.3. The van der Waals surface area contributed by atoms with Gasteiger partial charge < -0.3 is 0 Å². The number of aryl methyl sites for hydroxylation is 1. The van der Waals surface area contributed by atoms with Crippen LogP contribution in [-0.4, -0.2) is 17.9 Å². The molecule has 0 fully saturated rings. The predicted octanol–water partition coefficient (Wildman–Crippen LogP) is 3.89. The summed E-state index contributed by atoms with van der Waals surface area (Å²) in [6.45, 7) is 2.03. The molecular weight excluding hydrogens is 304 g/mol. The maximum atomic E-state index is 11.7. The third-order valence-corrected chi connectivity index (χ3v) is 3.89. The van der Waals surface area contributed by atoms with Crippen LogP contribution in [0.5, 0.6) is 0 Å². The monoisotopic (exact) mass is 318 g/mol. The quantitative estimate of drug-likeness (QED) is 0.516. The van der Waals surface area contributed by atoms with Gasteiger partial charge >= 0.3 is 0 Å². The first-order valence-corrected chi connectivity index (χ1v) is 7.77. The molecule has 21 heavy (non-hydrogen) atoms. The highest BCUT2D eigenvalue weighted by atomic mass is 35.5. The van der Waals surface area contributed by atoms with Gasteiger partial charge in [-0.1, -0.05) is 41.4 Å². The van der Waals surface area contributed by atoms with Crippen LogP contribution in [-0.2, 0) is 4.79 Å². The second-order valence-electron chi connectivity index (χ2n) is 4.45. The smallest absolute Gasteiger partial charge is 0.250 e. The summed E-state index contributed by atoms with van der Waals surface area (Å²) in [7, 11) is 0. The van der Waals surface area contributed by atoms with Crippen molar-refractivity contribution in [1.29, 1.82) is 0 Å². The SMILES string of the molecule is Cc1ccc(SCC(=O)N/N=C/c2cccc(Cl)c2)cc1. The van der Waals surface area contributed by atoms with Gasteiger partial charge in [-0.2, -0.15) is 5.10 Å². The number of amides is 1. The Balaban J connectivity index is 1.78. The third kappa shape index (κ3) is 5.61. The first-order chi connectivity index (χ1) is 10.1. The van der Waals surface area contributed by atoms with Crippen LogP contribution >= 0.6 is 23.4 Å². The lowest BCUT2D eigenvalue weighted by Crippen LogP contribution is -2.19. The molecule has 0 radical (unpaired) electrons. The number of nitrogens with one attached hydrogen (secondary N) is 1. The van der Waals surface area contributed by atoms with Crippen LogP contribution in [0.3, 0.4) is 0 Å². The zero-order valence-corrected chi connectivity index (χ0v) is 13.1. The lowest BCUT2D eigenvalue weighted by molar-refractivity contribution is -0.118. The molecule has 108 valence electrons. The fourth-order valence-electron chi connectivity index (χ4n) is 1.58. The maximum Gasteiger partial charge on any atom is 0.250 e. The zero-order chi connectivity index (χ0) is 15.1. The zero-order valence-electron chi connectivity index (χ0n) is 11.5. The van der Waals surface area contributed by atoms with Crippen molar-refractivity contribution in [2.24, 2.45) is 5.10 Å². The number of hydrogen-bond donors (Lipinski definition) is 1. The van der Waals surface area contributed by atoms with Crippen molar-refractivity contribution in [2.75, 3.05) is 5.75 Å². The van der Waals surface area contributed by atoms with Crippen molar-refractivity contribution in [3.8, 4) is 0 Å². The Hall–Kier alpha value is -1.78. The van der Waals surface area contributed by atoms with Crippen LogP contribution in [0, 0.1) is 6.92 Å². The Morgan fingerprint density at radius 2 is 2.05 bits per heavy atom. The van der Waals surface area contributed by atoms with Crippen molar-refractivity contribution in [2.45, 2.75) is 11.8 Å². The third-order valence-electron chi connectivity index (χ3n) is 2.64. The van der Waals surface area contributed by atoms with Crippen molar-refractivity contribution in [3.05, 3.63) is 64.7 Å². The van der Waals surface area contributed by atoms with Gasteiger partial charge in [0.15, 0.2) is 0 Å². The van der Waals surface area contributed by atoms with E-state index in [0.29, 0.717) is 10.8 Å². The number of thioether (sulfide) groups is 1. The van der Waals surface area contributed by atoms with Gasteiger partial charge in [0.1, 0.15) is 0 Å². The van der Waals surface area contributed by atoms with Crippen LogP contribution in [0.1, 0.15) is 11.1 Å². The summed E-state index contributed by atoms with van der Waals surface area (Å²) < 4.78 is 0. The molecule has 1 N–H and O–H groups in total.